The van der Waals surface area contributed by atoms with Gasteiger partial charge in [0, 0.05) is 25.4 Å². The molecule has 0 fully saturated rings. The molecule has 2 heteroatoms. The summed E-state index contributed by atoms with van der Waals surface area (Å²) in [6.07, 6.45) is 4.47. The maximum atomic E-state index is 8.83. The average molecular weight is 217 g/mol. The van der Waals surface area contributed by atoms with Crippen molar-refractivity contribution < 1.29 is 5.11 Å². The van der Waals surface area contributed by atoms with Crippen LogP contribution < -0.4 is 4.90 Å². The molecule has 1 aromatic carbocycles. The van der Waals surface area contributed by atoms with E-state index in [-0.39, 0.29) is 6.61 Å². The zero-order valence-corrected chi connectivity index (χ0v) is 9.60. The molecule has 0 aliphatic carbocycles. The number of rotatable bonds is 7. The van der Waals surface area contributed by atoms with E-state index in [2.05, 4.69) is 30.2 Å². The Morgan fingerprint density at radius 2 is 1.62 bits per heavy atom. The summed E-state index contributed by atoms with van der Waals surface area (Å²) in [6.45, 7) is 9.31. The van der Waals surface area contributed by atoms with Gasteiger partial charge in [0.1, 0.15) is 0 Å². The summed E-state index contributed by atoms with van der Waals surface area (Å²) in [7, 11) is 0. The van der Waals surface area contributed by atoms with Crippen LogP contribution in [-0.4, -0.2) is 24.8 Å². The normalized spacial score (nSPS) is 9.81. The third-order valence-corrected chi connectivity index (χ3v) is 2.40. The molecule has 0 amide bonds. The van der Waals surface area contributed by atoms with Crippen molar-refractivity contribution in [1.82, 2.24) is 0 Å². The molecule has 0 bridgehead atoms. The van der Waals surface area contributed by atoms with Crippen LogP contribution in [0.5, 0.6) is 0 Å². The van der Waals surface area contributed by atoms with Gasteiger partial charge in [0.15, 0.2) is 0 Å². The zero-order chi connectivity index (χ0) is 11.8. The number of benzene rings is 1. The Balaban J connectivity index is 2.75. The quantitative estimate of drug-likeness (QED) is 0.709. The van der Waals surface area contributed by atoms with Crippen molar-refractivity contribution in [1.29, 1.82) is 0 Å². The van der Waals surface area contributed by atoms with Crippen LogP contribution in [0.1, 0.15) is 5.56 Å². The monoisotopic (exact) mass is 217 g/mol. The molecule has 0 aromatic heterocycles. The lowest BCUT2D eigenvalue weighted by molar-refractivity contribution is 0.299. The Bertz CT molecular complexity index is 319. The maximum Gasteiger partial charge on any atom is 0.0471 e. The summed E-state index contributed by atoms with van der Waals surface area (Å²) in [5, 5.41) is 8.83. The van der Waals surface area contributed by atoms with Crippen molar-refractivity contribution >= 4 is 5.69 Å². The van der Waals surface area contributed by atoms with Crippen LogP contribution in [-0.2, 0) is 6.42 Å². The molecule has 1 aromatic rings. The summed E-state index contributed by atoms with van der Waals surface area (Å²) in [5.41, 5.74) is 2.31. The van der Waals surface area contributed by atoms with Crippen LogP contribution in [0.25, 0.3) is 0 Å². The number of aliphatic hydroxyl groups excluding tert-OH is 1. The molecule has 0 saturated carbocycles. The maximum absolute atomic E-state index is 8.83. The van der Waals surface area contributed by atoms with Gasteiger partial charge in [0.2, 0.25) is 0 Å². The molecule has 0 unspecified atom stereocenters. The van der Waals surface area contributed by atoms with E-state index >= 15 is 0 Å². The molecule has 1 N–H and O–H groups in total. The number of anilines is 1. The lowest BCUT2D eigenvalue weighted by atomic mass is 10.1. The first kappa shape index (κ1) is 12.5. The summed E-state index contributed by atoms with van der Waals surface area (Å²) in [5.74, 6) is 0. The molecule has 1 rings (SSSR count). The number of nitrogens with zero attached hydrogens (tertiary/aromatic N) is 1. The van der Waals surface area contributed by atoms with E-state index in [0.717, 1.165) is 24.3 Å². The largest absolute Gasteiger partial charge is 0.396 e. The fraction of sp³-hybridized carbons (Fsp3) is 0.286. The van der Waals surface area contributed by atoms with Gasteiger partial charge in [-0.05, 0) is 24.1 Å². The molecule has 0 aliphatic rings. The van der Waals surface area contributed by atoms with E-state index in [1.165, 1.54) is 0 Å². The van der Waals surface area contributed by atoms with Crippen molar-refractivity contribution in [2.24, 2.45) is 0 Å². The van der Waals surface area contributed by atoms with E-state index in [1.54, 1.807) is 0 Å². The standard InChI is InChI=1S/C14H19NO/c1-3-10-15(11-4-2)14-7-5-13(6-8-14)9-12-16/h3-8,16H,1-2,9-12H2. The summed E-state index contributed by atoms with van der Waals surface area (Å²) in [4.78, 5) is 2.18. The molecular formula is C14H19NO. The second-order valence-corrected chi connectivity index (χ2v) is 3.62. The smallest absolute Gasteiger partial charge is 0.0471 e. The number of aliphatic hydroxyl groups is 1. The number of hydrogen-bond acceptors (Lipinski definition) is 2. The van der Waals surface area contributed by atoms with E-state index in [1.807, 2.05) is 24.3 Å². The Hall–Kier alpha value is -1.54. The summed E-state index contributed by atoms with van der Waals surface area (Å²) in [6, 6.07) is 8.23. The summed E-state index contributed by atoms with van der Waals surface area (Å²) < 4.78 is 0. The SMILES string of the molecule is C=CCN(CC=C)c1ccc(CCO)cc1. The average Bonchev–Trinajstić information content (AvgIpc) is 2.30. The first-order valence-corrected chi connectivity index (χ1v) is 5.48. The van der Waals surface area contributed by atoms with Gasteiger partial charge >= 0.3 is 0 Å². The first-order chi connectivity index (χ1) is 7.81. The van der Waals surface area contributed by atoms with Crippen molar-refractivity contribution in [2.75, 3.05) is 24.6 Å². The second-order valence-electron chi connectivity index (χ2n) is 3.62. The molecule has 86 valence electrons. The van der Waals surface area contributed by atoms with E-state index in [0.29, 0.717) is 6.42 Å². The van der Waals surface area contributed by atoms with Gasteiger partial charge in [-0.1, -0.05) is 24.3 Å². The van der Waals surface area contributed by atoms with Crippen LogP contribution in [0.15, 0.2) is 49.6 Å². The molecule has 2 nitrogen and oxygen atoms in total. The molecule has 16 heavy (non-hydrogen) atoms. The van der Waals surface area contributed by atoms with Crippen LogP contribution in [0.4, 0.5) is 5.69 Å². The molecule has 0 spiro atoms. The zero-order valence-electron chi connectivity index (χ0n) is 9.60. The Kier molecular flexibility index (Phi) is 5.37. The molecule has 0 atom stereocenters. The van der Waals surface area contributed by atoms with Gasteiger partial charge in [-0.15, -0.1) is 13.2 Å². The van der Waals surface area contributed by atoms with Crippen molar-refractivity contribution in [3.8, 4) is 0 Å². The minimum Gasteiger partial charge on any atom is -0.396 e. The highest BCUT2D eigenvalue weighted by atomic mass is 16.2. The van der Waals surface area contributed by atoms with Crippen molar-refractivity contribution in [3.63, 3.8) is 0 Å². The Morgan fingerprint density at radius 3 is 2.06 bits per heavy atom. The van der Waals surface area contributed by atoms with Gasteiger partial charge in [-0.3, -0.25) is 0 Å². The third-order valence-electron chi connectivity index (χ3n) is 2.40. The van der Waals surface area contributed by atoms with Crippen molar-refractivity contribution in [3.05, 3.63) is 55.1 Å². The van der Waals surface area contributed by atoms with Crippen LogP contribution in [0, 0.1) is 0 Å². The van der Waals surface area contributed by atoms with Gasteiger partial charge in [-0.2, -0.15) is 0 Å². The topological polar surface area (TPSA) is 23.5 Å². The highest BCUT2D eigenvalue weighted by Gasteiger charge is 2.02. The predicted octanol–water partition coefficient (Wildman–Crippen LogP) is 2.40. The van der Waals surface area contributed by atoms with E-state index < -0.39 is 0 Å². The molecular weight excluding hydrogens is 198 g/mol. The fourth-order valence-electron chi connectivity index (χ4n) is 1.60. The van der Waals surface area contributed by atoms with Crippen LogP contribution >= 0.6 is 0 Å². The minimum atomic E-state index is 0.197. The van der Waals surface area contributed by atoms with Crippen molar-refractivity contribution in [2.45, 2.75) is 6.42 Å². The second kappa shape index (κ2) is 6.85. The van der Waals surface area contributed by atoms with Crippen LogP contribution in [0.3, 0.4) is 0 Å². The minimum absolute atomic E-state index is 0.197. The van der Waals surface area contributed by atoms with Gasteiger partial charge in [0.05, 0.1) is 0 Å². The Morgan fingerprint density at radius 1 is 1.06 bits per heavy atom. The Labute approximate surface area is 97.5 Å². The summed E-state index contributed by atoms with van der Waals surface area (Å²) >= 11 is 0. The first-order valence-electron chi connectivity index (χ1n) is 5.48. The highest BCUT2D eigenvalue weighted by Crippen LogP contribution is 2.15. The molecule has 0 aliphatic heterocycles. The lowest BCUT2D eigenvalue weighted by Crippen LogP contribution is -2.22. The van der Waals surface area contributed by atoms with Gasteiger partial charge in [-0.25, -0.2) is 0 Å². The fourth-order valence-corrected chi connectivity index (χ4v) is 1.60. The predicted molar refractivity (Wildman–Crippen MR) is 69.8 cm³/mol. The van der Waals surface area contributed by atoms with Gasteiger partial charge < -0.3 is 10.0 Å². The molecule has 0 heterocycles. The molecule has 0 radical (unpaired) electrons. The highest BCUT2D eigenvalue weighted by molar-refractivity contribution is 5.48. The van der Waals surface area contributed by atoms with E-state index in [9.17, 15) is 0 Å². The molecule has 0 saturated heterocycles. The van der Waals surface area contributed by atoms with E-state index in [4.69, 9.17) is 5.11 Å². The number of hydrogen-bond donors (Lipinski definition) is 1. The third kappa shape index (κ3) is 3.55. The van der Waals surface area contributed by atoms with Crippen LogP contribution in [0.2, 0.25) is 0 Å². The lowest BCUT2D eigenvalue weighted by Gasteiger charge is -2.21. The van der Waals surface area contributed by atoms with Gasteiger partial charge in [0.25, 0.3) is 0 Å².